The Morgan fingerprint density at radius 2 is 1.73 bits per heavy atom. The van der Waals surface area contributed by atoms with Crippen molar-refractivity contribution in [3.63, 3.8) is 0 Å². The summed E-state index contributed by atoms with van der Waals surface area (Å²) in [6.45, 7) is 0. The Morgan fingerprint density at radius 1 is 1.09 bits per heavy atom. The summed E-state index contributed by atoms with van der Waals surface area (Å²) in [5, 5.41) is 23.1. The van der Waals surface area contributed by atoms with Gasteiger partial charge < -0.3 is 10.2 Å². The highest BCUT2D eigenvalue weighted by atomic mass is 79.9. The van der Waals surface area contributed by atoms with Gasteiger partial charge in [0, 0.05) is 5.56 Å². The van der Waals surface area contributed by atoms with Crippen LogP contribution in [-0.4, -0.2) is 24.8 Å². The van der Waals surface area contributed by atoms with Crippen LogP contribution in [0.5, 0.6) is 11.5 Å². The molecule has 0 atom stereocenters. The van der Waals surface area contributed by atoms with Crippen LogP contribution in [0.25, 0.3) is 0 Å². The molecule has 0 heterocycles. The quantitative estimate of drug-likeness (QED) is 0.493. The summed E-state index contributed by atoms with van der Waals surface area (Å²) >= 11 is 6.13. The molecule has 0 aliphatic carbocycles. The molecule has 9 heteroatoms. The zero-order valence-electron chi connectivity index (χ0n) is 10.9. The molecule has 0 aliphatic rings. The molecule has 116 valence electrons. The van der Waals surface area contributed by atoms with Gasteiger partial charge in [-0.2, -0.15) is 13.5 Å². The van der Waals surface area contributed by atoms with Crippen molar-refractivity contribution in [3.8, 4) is 11.5 Å². The molecular weight excluding hydrogens is 440 g/mol. The van der Waals surface area contributed by atoms with Crippen LogP contribution in [0, 0.1) is 0 Å². The van der Waals surface area contributed by atoms with Gasteiger partial charge in [0.25, 0.3) is 10.0 Å². The summed E-state index contributed by atoms with van der Waals surface area (Å²) in [5.41, 5.74) is 0.215. The number of nitrogens with zero attached hydrogens (tertiary/aromatic N) is 1. The van der Waals surface area contributed by atoms with Crippen molar-refractivity contribution < 1.29 is 18.6 Å². The molecule has 0 bridgehead atoms. The molecule has 0 saturated carbocycles. The molecule has 6 nitrogen and oxygen atoms in total. The summed E-state index contributed by atoms with van der Waals surface area (Å²) in [4.78, 5) is 2.12. The van der Waals surface area contributed by atoms with E-state index in [0.29, 0.717) is 4.47 Å². The molecule has 2 aromatic carbocycles. The van der Waals surface area contributed by atoms with Crippen LogP contribution >= 0.6 is 31.9 Å². The van der Waals surface area contributed by atoms with Gasteiger partial charge >= 0.3 is 0 Å². The largest absolute Gasteiger partial charge is 0.506 e. The van der Waals surface area contributed by atoms with E-state index in [1.165, 1.54) is 18.2 Å². The van der Waals surface area contributed by atoms with Crippen LogP contribution in [0.1, 0.15) is 5.56 Å². The maximum Gasteiger partial charge on any atom is 0.276 e. The Bertz CT molecular complexity index is 824. The second-order valence-corrected chi connectivity index (χ2v) is 7.43. The van der Waals surface area contributed by atoms with Crippen molar-refractivity contribution in [1.82, 2.24) is 4.83 Å². The average Bonchev–Trinajstić information content (AvgIpc) is 2.51. The molecule has 22 heavy (non-hydrogen) atoms. The number of phenolic OH excluding ortho intramolecular Hbond substituents is 2. The predicted octanol–water partition coefficient (Wildman–Crippen LogP) is 2.94. The number of phenols is 2. The zero-order valence-corrected chi connectivity index (χ0v) is 14.9. The van der Waals surface area contributed by atoms with Gasteiger partial charge in [-0.3, -0.25) is 0 Å². The topological polar surface area (TPSA) is 99.0 Å². The van der Waals surface area contributed by atoms with Crippen molar-refractivity contribution in [2.45, 2.75) is 4.90 Å². The third-order valence-electron chi connectivity index (χ3n) is 2.63. The summed E-state index contributed by atoms with van der Waals surface area (Å²) in [5.74, 6) is -0.428. The summed E-state index contributed by atoms with van der Waals surface area (Å²) in [7, 11) is -3.77. The first-order valence-corrected chi connectivity index (χ1v) is 8.89. The number of nitrogens with one attached hydrogen (secondary N) is 1. The fourth-order valence-electron chi connectivity index (χ4n) is 1.53. The van der Waals surface area contributed by atoms with Crippen molar-refractivity contribution in [3.05, 3.63) is 50.9 Å². The van der Waals surface area contributed by atoms with Crippen molar-refractivity contribution in [2.24, 2.45) is 5.10 Å². The maximum atomic E-state index is 11.9. The molecule has 2 rings (SSSR count). The van der Waals surface area contributed by atoms with Crippen LogP contribution in [-0.2, 0) is 10.0 Å². The molecule has 0 spiro atoms. The van der Waals surface area contributed by atoms with Crippen LogP contribution in [0.2, 0.25) is 0 Å². The normalized spacial score (nSPS) is 11.7. The van der Waals surface area contributed by atoms with Crippen LogP contribution in [0.4, 0.5) is 0 Å². The van der Waals surface area contributed by atoms with E-state index in [0.717, 1.165) is 6.21 Å². The lowest BCUT2D eigenvalue weighted by Crippen LogP contribution is -2.18. The first-order valence-electron chi connectivity index (χ1n) is 5.83. The first kappa shape index (κ1) is 16.8. The maximum absolute atomic E-state index is 11.9. The van der Waals surface area contributed by atoms with E-state index in [9.17, 15) is 18.6 Å². The highest BCUT2D eigenvalue weighted by molar-refractivity contribution is 9.11. The predicted molar refractivity (Wildman–Crippen MR) is 89.5 cm³/mol. The Morgan fingerprint density at radius 3 is 2.36 bits per heavy atom. The molecule has 2 aromatic rings. The van der Waals surface area contributed by atoms with Gasteiger partial charge in [-0.25, -0.2) is 4.83 Å². The van der Waals surface area contributed by atoms with Gasteiger partial charge in [0.05, 0.1) is 15.6 Å². The van der Waals surface area contributed by atoms with E-state index >= 15 is 0 Å². The molecular formula is C13H10Br2N2O4S. The highest BCUT2D eigenvalue weighted by Gasteiger charge is 2.14. The molecule has 3 N–H and O–H groups in total. The minimum atomic E-state index is -3.77. The molecule has 0 radical (unpaired) electrons. The zero-order chi connectivity index (χ0) is 16.3. The third kappa shape index (κ3) is 3.60. The van der Waals surface area contributed by atoms with Gasteiger partial charge in [0.1, 0.15) is 16.0 Å². The number of hydrogen-bond acceptors (Lipinski definition) is 5. The molecule has 0 aliphatic heterocycles. The Balaban J connectivity index is 2.24. The van der Waals surface area contributed by atoms with Crippen LogP contribution in [0.3, 0.4) is 0 Å². The Labute approximate surface area is 143 Å². The number of aromatic hydroxyl groups is 2. The lowest BCUT2D eigenvalue weighted by molar-refractivity contribution is 0.441. The second kappa shape index (κ2) is 6.67. The van der Waals surface area contributed by atoms with Gasteiger partial charge in [-0.05, 0) is 50.1 Å². The molecule has 0 amide bonds. The number of benzene rings is 2. The average molecular weight is 450 g/mol. The molecule has 0 fully saturated rings. The Hall–Kier alpha value is -1.58. The molecule has 0 unspecified atom stereocenters. The smallest absolute Gasteiger partial charge is 0.276 e. The van der Waals surface area contributed by atoms with Crippen molar-refractivity contribution in [1.29, 1.82) is 0 Å². The van der Waals surface area contributed by atoms with E-state index in [1.807, 2.05) is 4.83 Å². The second-order valence-electron chi connectivity index (χ2n) is 4.12. The summed E-state index contributed by atoms with van der Waals surface area (Å²) < 4.78 is 24.3. The summed E-state index contributed by atoms with van der Waals surface area (Å²) in [6, 6.07) is 9.16. The number of hydrogen-bond donors (Lipinski definition) is 3. The SMILES string of the molecule is O=S(=O)(N/N=C/c1cc(Br)c(O)c(Br)c1O)c1ccccc1. The van der Waals surface area contributed by atoms with Crippen molar-refractivity contribution >= 4 is 48.1 Å². The van der Waals surface area contributed by atoms with E-state index < -0.39 is 10.0 Å². The summed E-state index contributed by atoms with van der Waals surface area (Å²) in [6.07, 6.45) is 1.13. The number of rotatable bonds is 4. The van der Waals surface area contributed by atoms with Gasteiger partial charge in [-0.15, -0.1) is 0 Å². The standard InChI is InChI=1S/C13H10Br2N2O4S/c14-10-6-8(12(18)11(15)13(10)19)7-16-17-22(20,21)9-4-2-1-3-5-9/h1-7,17-19H/b16-7+. The molecule has 0 saturated heterocycles. The van der Waals surface area contributed by atoms with E-state index in [4.69, 9.17) is 0 Å². The van der Waals surface area contributed by atoms with E-state index in [-0.39, 0.29) is 26.4 Å². The number of halogens is 2. The van der Waals surface area contributed by atoms with Crippen LogP contribution < -0.4 is 4.83 Å². The number of sulfonamides is 1. The fourth-order valence-corrected chi connectivity index (χ4v) is 3.50. The fraction of sp³-hybridized carbons (Fsp3) is 0. The van der Waals surface area contributed by atoms with Gasteiger partial charge in [0.15, 0.2) is 0 Å². The van der Waals surface area contributed by atoms with E-state index in [2.05, 4.69) is 37.0 Å². The van der Waals surface area contributed by atoms with E-state index in [1.54, 1.807) is 18.2 Å². The third-order valence-corrected chi connectivity index (χ3v) is 5.22. The lowest BCUT2D eigenvalue weighted by atomic mass is 10.2. The minimum absolute atomic E-state index is 0.0736. The number of hydrazone groups is 1. The van der Waals surface area contributed by atoms with Gasteiger partial charge in [-0.1, -0.05) is 18.2 Å². The monoisotopic (exact) mass is 448 g/mol. The van der Waals surface area contributed by atoms with Gasteiger partial charge in [0.2, 0.25) is 0 Å². The first-order chi connectivity index (χ1) is 10.3. The Kier molecular flexibility index (Phi) is 5.09. The van der Waals surface area contributed by atoms with Crippen molar-refractivity contribution in [2.75, 3.05) is 0 Å². The lowest BCUT2D eigenvalue weighted by Gasteiger charge is -2.06. The molecule has 0 aromatic heterocycles. The van der Waals surface area contributed by atoms with Crippen LogP contribution in [0.15, 0.2) is 55.3 Å². The highest BCUT2D eigenvalue weighted by Crippen LogP contribution is 2.40. The minimum Gasteiger partial charge on any atom is -0.506 e.